The summed E-state index contributed by atoms with van der Waals surface area (Å²) in [5.41, 5.74) is 3.47. The van der Waals surface area contributed by atoms with Gasteiger partial charge in [0.25, 0.3) is 0 Å². The lowest BCUT2D eigenvalue weighted by molar-refractivity contribution is -0.135. The Hall–Kier alpha value is -2.75. The molecule has 2 aliphatic rings. The highest BCUT2D eigenvalue weighted by Gasteiger charge is 2.34. The fourth-order valence-corrected chi connectivity index (χ4v) is 4.88. The van der Waals surface area contributed by atoms with Crippen LogP contribution in [0.15, 0.2) is 42.5 Å². The average molecular weight is 436 g/mol. The lowest BCUT2D eigenvalue weighted by atomic mass is 9.85. The maximum Gasteiger partial charge on any atom is 0.236 e. The molecule has 1 amide bonds. The lowest BCUT2D eigenvalue weighted by Crippen LogP contribution is -2.48. The summed E-state index contributed by atoms with van der Waals surface area (Å²) in [6.45, 7) is 6.01. The Balaban J connectivity index is 1.49. The van der Waals surface area contributed by atoms with E-state index in [1.807, 2.05) is 36.1 Å². The average Bonchev–Trinajstić information content (AvgIpc) is 3.31. The molecule has 32 heavy (non-hydrogen) atoms. The number of nitriles is 1. The first-order valence-corrected chi connectivity index (χ1v) is 11.4. The van der Waals surface area contributed by atoms with Crippen LogP contribution in [0.25, 0.3) is 0 Å². The number of hydrogen-bond donors (Lipinski definition) is 0. The summed E-state index contributed by atoms with van der Waals surface area (Å²) < 4.78 is 20.1. The summed E-state index contributed by atoms with van der Waals surface area (Å²) in [7, 11) is 0. The number of likely N-dealkylation sites (tertiary alicyclic amines) is 2. The molecule has 6 heteroatoms. The van der Waals surface area contributed by atoms with Crippen molar-refractivity contribution >= 4 is 5.91 Å². The van der Waals surface area contributed by atoms with Gasteiger partial charge >= 0.3 is 0 Å². The van der Waals surface area contributed by atoms with E-state index in [2.05, 4.69) is 11.0 Å². The van der Waals surface area contributed by atoms with Crippen molar-refractivity contribution in [3.63, 3.8) is 0 Å². The molecule has 0 spiro atoms. The second-order valence-corrected chi connectivity index (χ2v) is 8.88. The molecule has 2 unspecified atom stereocenters. The highest BCUT2D eigenvalue weighted by Crippen LogP contribution is 2.33. The topological polar surface area (TPSA) is 56.6 Å². The summed E-state index contributed by atoms with van der Waals surface area (Å²) in [6.07, 6.45) is 2.97. The largest absolute Gasteiger partial charge is 0.373 e. The van der Waals surface area contributed by atoms with Gasteiger partial charge in [-0.05, 0) is 80.2 Å². The quantitative estimate of drug-likeness (QED) is 0.688. The Labute approximate surface area is 189 Å². The molecule has 5 nitrogen and oxygen atoms in total. The van der Waals surface area contributed by atoms with Gasteiger partial charge in [-0.15, -0.1) is 0 Å². The third-order valence-electron chi connectivity index (χ3n) is 6.61. The van der Waals surface area contributed by atoms with E-state index < -0.39 is 0 Å². The van der Waals surface area contributed by atoms with Gasteiger partial charge in [-0.2, -0.15) is 5.26 Å². The monoisotopic (exact) mass is 435 g/mol. The van der Waals surface area contributed by atoms with Crippen LogP contribution in [0.2, 0.25) is 0 Å². The number of amides is 1. The molecule has 2 aliphatic heterocycles. The first kappa shape index (κ1) is 22.4. The Morgan fingerprint density at radius 2 is 2.00 bits per heavy atom. The number of carbonyl (C=O) groups excluding carboxylic acids is 1. The van der Waals surface area contributed by atoms with Crippen LogP contribution in [0.3, 0.4) is 0 Å². The Bertz CT molecular complexity index is 997. The zero-order valence-electron chi connectivity index (χ0n) is 18.6. The van der Waals surface area contributed by atoms with Gasteiger partial charge in [-0.25, -0.2) is 4.39 Å². The summed E-state index contributed by atoms with van der Waals surface area (Å²) in [6, 6.07) is 14.5. The van der Waals surface area contributed by atoms with Crippen LogP contribution in [-0.4, -0.2) is 54.5 Å². The molecule has 0 aliphatic carbocycles. The first-order chi connectivity index (χ1) is 15.5. The number of nitrogens with zero attached hydrogens (tertiary/aromatic N) is 3. The van der Waals surface area contributed by atoms with Crippen molar-refractivity contribution in [2.24, 2.45) is 0 Å². The molecule has 0 bridgehead atoms. The number of halogens is 1. The molecule has 0 saturated carbocycles. The maximum absolute atomic E-state index is 13.8. The molecule has 0 N–H and O–H groups in total. The van der Waals surface area contributed by atoms with E-state index in [0.29, 0.717) is 31.8 Å². The third-order valence-corrected chi connectivity index (χ3v) is 6.61. The van der Waals surface area contributed by atoms with Gasteiger partial charge in [0.2, 0.25) is 5.91 Å². The predicted octanol–water partition coefficient (Wildman–Crippen LogP) is 4.00. The molecule has 2 atom stereocenters. The minimum Gasteiger partial charge on any atom is -0.373 e. The molecule has 0 radical (unpaired) electrons. The van der Waals surface area contributed by atoms with Gasteiger partial charge in [-0.3, -0.25) is 9.69 Å². The van der Waals surface area contributed by atoms with E-state index in [4.69, 9.17) is 10.00 Å². The van der Waals surface area contributed by atoms with Gasteiger partial charge in [0.1, 0.15) is 5.82 Å². The second-order valence-electron chi connectivity index (χ2n) is 8.88. The molecule has 2 fully saturated rings. The number of aryl methyl sites for hydroxylation is 1. The van der Waals surface area contributed by atoms with Crippen LogP contribution in [0.4, 0.5) is 4.39 Å². The first-order valence-electron chi connectivity index (χ1n) is 11.4. The minimum absolute atomic E-state index is 0.0222. The summed E-state index contributed by atoms with van der Waals surface area (Å²) >= 11 is 0. The number of carbonyl (C=O) groups is 1. The summed E-state index contributed by atoms with van der Waals surface area (Å²) in [4.78, 5) is 17.2. The molecule has 2 heterocycles. The van der Waals surface area contributed by atoms with E-state index in [1.165, 1.54) is 6.07 Å². The molecule has 2 saturated heterocycles. The van der Waals surface area contributed by atoms with Crippen LogP contribution in [-0.2, 0) is 16.1 Å². The van der Waals surface area contributed by atoms with E-state index in [9.17, 15) is 9.18 Å². The van der Waals surface area contributed by atoms with E-state index in [1.54, 1.807) is 12.1 Å². The van der Waals surface area contributed by atoms with Crippen molar-refractivity contribution in [1.82, 2.24) is 9.80 Å². The van der Waals surface area contributed by atoms with Crippen LogP contribution >= 0.6 is 0 Å². The van der Waals surface area contributed by atoms with Crippen molar-refractivity contribution in [1.29, 1.82) is 5.26 Å². The summed E-state index contributed by atoms with van der Waals surface area (Å²) in [5, 5.41) is 9.14. The SMILES string of the molecule is Cc1cc(F)ccc1C1CN(C(=O)CN2CCCC2)CCC1OCc1cccc(C#N)c1. The fourth-order valence-electron chi connectivity index (χ4n) is 4.88. The van der Waals surface area contributed by atoms with Gasteiger partial charge < -0.3 is 9.64 Å². The van der Waals surface area contributed by atoms with Crippen LogP contribution in [0.1, 0.15) is 47.4 Å². The van der Waals surface area contributed by atoms with Crippen LogP contribution < -0.4 is 0 Å². The summed E-state index contributed by atoms with van der Waals surface area (Å²) in [5.74, 6) is -0.113. The van der Waals surface area contributed by atoms with Crippen LogP contribution in [0.5, 0.6) is 0 Å². The minimum atomic E-state index is -0.255. The number of ether oxygens (including phenoxy) is 1. The highest BCUT2D eigenvalue weighted by molar-refractivity contribution is 5.78. The van der Waals surface area contributed by atoms with Crippen LogP contribution in [0, 0.1) is 24.1 Å². The van der Waals surface area contributed by atoms with Gasteiger partial charge in [0.05, 0.1) is 30.9 Å². The highest BCUT2D eigenvalue weighted by atomic mass is 19.1. The molecular formula is C26H30FN3O2. The van der Waals surface area contributed by atoms with E-state index in [-0.39, 0.29) is 23.7 Å². The van der Waals surface area contributed by atoms with Crippen molar-refractivity contribution in [2.75, 3.05) is 32.7 Å². The second kappa shape index (κ2) is 10.2. The van der Waals surface area contributed by atoms with Gasteiger partial charge in [0.15, 0.2) is 0 Å². The molecule has 2 aromatic carbocycles. The van der Waals surface area contributed by atoms with Crippen molar-refractivity contribution in [3.8, 4) is 6.07 Å². The number of piperidine rings is 1. The molecule has 168 valence electrons. The molecule has 2 aromatic rings. The Morgan fingerprint density at radius 1 is 1.19 bits per heavy atom. The predicted molar refractivity (Wildman–Crippen MR) is 120 cm³/mol. The third kappa shape index (κ3) is 5.35. The Morgan fingerprint density at radius 3 is 2.75 bits per heavy atom. The zero-order chi connectivity index (χ0) is 22.5. The molecular weight excluding hydrogens is 405 g/mol. The zero-order valence-corrected chi connectivity index (χ0v) is 18.6. The standard InChI is InChI=1S/C26H30FN3O2/c1-19-13-22(27)7-8-23(19)24-16-30(26(31)17-29-10-2-3-11-29)12-9-25(24)32-18-21-6-4-5-20(14-21)15-28/h4-8,13-14,24-25H,2-3,9-12,16-18H2,1H3. The van der Waals surface area contributed by atoms with Gasteiger partial charge in [-0.1, -0.05) is 18.2 Å². The normalized spacial score (nSPS) is 21.5. The lowest BCUT2D eigenvalue weighted by Gasteiger charge is -2.40. The van der Waals surface area contributed by atoms with E-state index >= 15 is 0 Å². The number of rotatable bonds is 6. The molecule has 4 rings (SSSR count). The number of hydrogen-bond acceptors (Lipinski definition) is 4. The van der Waals surface area contributed by atoms with Crippen molar-refractivity contribution in [3.05, 3.63) is 70.5 Å². The van der Waals surface area contributed by atoms with Crippen molar-refractivity contribution < 1.29 is 13.9 Å². The van der Waals surface area contributed by atoms with Gasteiger partial charge in [0, 0.05) is 19.0 Å². The smallest absolute Gasteiger partial charge is 0.236 e. The molecule has 0 aromatic heterocycles. The fraction of sp³-hybridized carbons (Fsp3) is 0.462. The van der Waals surface area contributed by atoms with E-state index in [0.717, 1.165) is 49.0 Å². The Kier molecular flexibility index (Phi) is 7.19. The maximum atomic E-state index is 13.8. The van der Waals surface area contributed by atoms with Crippen molar-refractivity contribution in [2.45, 2.75) is 44.8 Å². The number of benzene rings is 2.